The maximum Gasteiger partial charge on any atom is 0.346 e. The quantitative estimate of drug-likeness (QED) is 0.588. The van der Waals surface area contributed by atoms with Gasteiger partial charge in [0.05, 0.1) is 5.56 Å². The molecule has 0 heterocycles. The van der Waals surface area contributed by atoms with Crippen molar-refractivity contribution in [3.63, 3.8) is 0 Å². The molecule has 0 spiro atoms. The van der Waals surface area contributed by atoms with Crippen LogP contribution in [0.5, 0.6) is 0 Å². The Bertz CT molecular complexity index is 511. The van der Waals surface area contributed by atoms with E-state index in [1.54, 1.807) is 6.07 Å². The molecule has 5 nitrogen and oxygen atoms in total. The molecular formula is C11H7NO4. The Balaban J connectivity index is 3.30. The lowest BCUT2D eigenvalue weighted by Crippen LogP contribution is -2.02. The first-order valence-corrected chi connectivity index (χ1v) is 4.23. The molecule has 2 N–H and O–H groups in total. The smallest absolute Gasteiger partial charge is 0.346 e. The average molecular weight is 217 g/mol. The predicted octanol–water partition coefficient (Wildman–Crippen LogP) is 1.38. The Morgan fingerprint density at radius 3 is 2.38 bits per heavy atom. The molecule has 0 saturated heterocycles. The second-order valence-electron chi connectivity index (χ2n) is 2.87. The first-order chi connectivity index (χ1) is 7.56. The van der Waals surface area contributed by atoms with E-state index in [0.717, 1.165) is 6.08 Å². The van der Waals surface area contributed by atoms with Crippen LogP contribution in [0.4, 0.5) is 0 Å². The summed E-state index contributed by atoms with van der Waals surface area (Å²) in [6, 6.07) is 7.34. The molecule has 0 aliphatic carbocycles. The van der Waals surface area contributed by atoms with E-state index in [1.807, 2.05) is 0 Å². The van der Waals surface area contributed by atoms with Gasteiger partial charge in [0.15, 0.2) is 0 Å². The van der Waals surface area contributed by atoms with Crippen LogP contribution in [0.2, 0.25) is 0 Å². The van der Waals surface area contributed by atoms with Gasteiger partial charge in [0.2, 0.25) is 0 Å². The van der Waals surface area contributed by atoms with Crippen molar-refractivity contribution < 1.29 is 19.8 Å². The van der Waals surface area contributed by atoms with Crippen LogP contribution in [0.25, 0.3) is 6.08 Å². The Kier molecular flexibility index (Phi) is 3.41. The largest absolute Gasteiger partial charge is 0.478 e. The van der Waals surface area contributed by atoms with Crippen LogP contribution in [0.1, 0.15) is 15.9 Å². The molecule has 5 heteroatoms. The number of aromatic carboxylic acids is 1. The van der Waals surface area contributed by atoms with Crippen molar-refractivity contribution >= 4 is 18.0 Å². The first kappa shape index (κ1) is 11.5. The average Bonchev–Trinajstić information content (AvgIpc) is 2.25. The molecule has 0 unspecified atom stereocenters. The van der Waals surface area contributed by atoms with Gasteiger partial charge < -0.3 is 10.2 Å². The molecule has 0 amide bonds. The maximum atomic E-state index is 10.8. The van der Waals surface area contributed by atoms with Crippen LogP contribution in [0.15, 0.2) is 29.8 Å². The molecule has 0 atom stereocenters. The molecule has 0 aromatic heterocycles. The highest BCUT2D eigenvalue weighted by Gasteiger charge is 2.11. The number of rotatable bonds is 3. The summed E-state index contributed by atoms with van der Waals surface area (Å²) in [4.78, 5) is 21.4. The number of carboxylic acids is 2. The number of nitriles is 1. The number of carboxylic acid groups (broad SMARTS) is 2. The van der Waals surface area contributed by atoms with Gasteiger partial charge in [-0.15, -0.1) is 0 Å². The van der Waals surface area contributed by atoms with Crippen molar-refractivity contribution in [2.45, 2.75) is 0 Å². The van der Waals surface area contributed by atoms with Crippen molar-refractivity contribution in [3.05, 3.63) is 41.0 Å². The highest BCUT2D eigenvalue weighted by molar-refractivity contribution is 5.99. The zero-order chi connectivity index (χ0) is 12.1. The van der Waals surface area contributed by atoms with Gasteiger partial charge in [0.25, 0.3) is 0 Å². The van der Waals surface area contributed by atoms with E-state index >= 15 is 0 Å². The second-order valence-corrected chi connectivity index (χ2v) is 2.87. The van der Waals surface area contributed by atoms with Crippen LogP contribution in [0, 0.1) is 11.3 Å². The van der Waals surface area contributed by atoms with Crippen LogP contribution >= 0.6 is 0 Å². The van der Waals surface area contributed by atoms with Crippen molar-refractivity contribution in [3.8, 4) is 6.07 Å². The van der Waals surface area contributed by atoms with E-state index < -0.39 is 17.5 Å². The zero-order valence-electron chi connectivity index (χ0n) is 8.04. The molecule has 0 saturated carbocycles. The van der Waals surface area contributed by atoms with Crippen LogP contribution in [-0.4, -0.2) is 22.2 Å². The minimum Gasteiger partial charge on any atom is -0.478 e. The Morgan fingerprint density at radius 1 is 1.25 bits per heavy atom. The van der Waals surface area contributed by atoms with Gasteiger partial charge in [-0.3, -0.25) is 0 Å². The lowest BCUT2D eigenvalue weighted by atomic mass is 10.1. The van der Waals surface area contributed by atoms with Gasteiger partial charge in [-0.25, -0.2) is 9.59 Å². The second kappa shape index (κ2) is 4.75. The van der Waals surface area contributed by atoms with Gasteiger partial charge >= 0.3 is 11.9 Å². The van der Waals surface area contributed by atoms with Crippen LogP contribution < -0.4 is 0 Å². The van der Waals surface area contributed by atoms with E-state index in [9.17, 15) is 9.59 Å². The third-order valence-electron chi connectivity index (χ3n) is 1.84. The van der Waals surface area contributed by atoms with Crippen molar-refractivity contribution in [2.24, 2.45) is 0 Å². The van der Waals surface area contributed by atoms with Crippen molar-refractivity contribution in [1.29, 1.82) is 5.26 Å². The topological polar surface area (TPSA) is 98.4 Å². The fourth-order valence-corrected chi connectivity index (χ4v) is 1.11. The normalized spacial score (nSPS) is 10.6. The van der Waals surface area contributed by atoms with Gasteiger partial charge in [-0.05, 0) is 17.7 Å². The zero-order valence-corrected chi connectivity index (χ0v) is 8.04. The Labute approximate surface area is 90.9 Å². The molecule has 0 fully saturated rings. The standard InChI is InChI=1S/C11H7NO4/c12-6-8(10(13)14)5-7-3-1-2-4-9(7)11(15)16/h1-5H,(H,13,14)(H,15,16). The van der Waals surface area contributed by atoms with E-state index in [0.29, 0.717) is 0 Å². The highest BCUT2D eigenvalue weighted by atomic mass is 16.4. The summed E-state index contributed by atoms with van der Waals surface area (Å²) in [5.74, 6) is -2.56. The summed E-state index contributed by atoms with van der Waals surface area (Å²) in [5.41, 5.74) is -0.362. The summed E-state index contributed by atoms with van der Waals surface area (Å²) < 4.78 is 0. The Hall–Kier alpha value is -2.61. The van der Waals surface area contributed by atoms with Crippen LogP contribution in [-0.2, 0) is 4.79 Å². The fourth-order valence-electron chi connectivity index (χ4n) is 1.11. The number of hydrogen-bond acceptors (Lipinski definition) is 3. The lowest BCUT2D eigenvalue weighted by Gasteiger charge is -2.00. The van der Waals surface area contributed by atoms with Gasteiger partial charge in [0, 0.05) is 0 Å². The summed E-state index contributed by atoms with van der Waals surface area (Å²) in [7, 11) is 0. The number of benzene rings is 1. The molecule has 1 rings (SSSR count). The molecule has 0 aliphatic rings. The summed E-state index contributed by atoms with van der Waals surface area (Å²) in [6.45, 7) is 0. The van der Waals surface area contributed by atoms with E-state index in [2.05, 4.69) is 0 Å². The Morgan fingerprint density at radius 2 is 1.88 bits per heavy atom. The molecule has 0 bridgehead atoms. The molecule has 80 valence electrons. The minimum absolute atomic E-state index is 0.0449. The molecule has 0 radical (unpaired) electrons. The maximum absolute atomic E-state index is 10.8. The highest BCUT2D eigenvalue weighted by Crippen LogP contribution is 2.13. The van der Waals surface area contributed by atoms with E-state index in [-0.39, 0.29) is 11.1 Å². The summed E-state index contributed by atoms with van der Waals surface area (Å²) in [5, 5.41) is 26.0. The summed E-state index contributed by atoms with van der Waals surface area (Å²) in [6.07, 6.45) is 1.03. The van der Waals surface area contributed by atoms with Gasteiger partial charge in [-0.2, -0.15) is 5.26 Å². The SMILES string of the molecule is N#CC(=Cc1ccccc1C(=O)O)C(=O)O. The fraction of sp³-hybridized carbons (Fsp3) is 0. The van der Waals surface area contributed by atoms with Crippen molar-refractivity contribution in [1.82, 2.24) is 0 Å². The minimum atomic E-state index is -1.39. The summed E-state index contributed by atoms with van der Waals surface area (Å²) >= 11 is 0. The molecule has 1 aromatic carbocycles. The predicted molar refractivity (Wildman–Crippen MR) is 54.6 cm³/mol. The molecule has 16 heavy (non-hydrogen) atoms. The number of carbonyl (C=O) groups is 2. The lowest BCUT2D eigenvalue weighted by molar-refractivity contribution is -0.132. The van der Waals surface area contributed by atoms with Crippen molar-refractivity contribution in [2.75, 3.05) is 0 Å². The van der Waals surface area contributed by atoms with Gasteiger partial charge in [0.1, 0.15) is 11.6 Å². The van der Waals surface area contributed by atoms with E-state index in [4.69, 9.17) is 15.5 Å². The number of nitrogens with zero attached hydrogens (tertiary/aromatic N) is 1. The number of aliphatic carboxylic acids is 1. The monoisotopic (exact) mass is 217 g/mol. The van der Waals surface area contributed by atoms with E-state index in [1.165, 1.54) is 24.3 Å². The third kappa shape index (κ3) is 2.45. The molecule has 1 aromatic rings. The molecular weight excluding hydrogens is 210 g/mol. The first-order valence-electron chi connectivity index (χ1n) is 4.23. The van der Waals surface area contributed by atoms with Gasteiger partial charge in [-0.1, -0.05) is 18.2 Å². The number of hydrogen-bond donors (Lipinski definition) is 2. The van der Waals surface area contributed by atoms with Crippen LogP contribution in [0.3, 0.4) is 0 Å². The molecule has 0 aliphatic heterocycles. The third-order valence-corrected chi connectivity index (χ3v) is 1.84.